The largest absolute Gasteiger partial charge is 0.455 e. The van der Waals surface area contributed by atoms with Crippen LogP contribution >= 0.6 is 0 Å². The van der Waals surface area contributed by atoms with Gasteiger partial charge in [0, 0.05) is 33.2 Å². The molecule has 10 aromatic carbocycles. The van der Waals surface area contributed by atoms with E-state index in [1.54, 1.807) is 0 Å². The summed E-state index contributed by atoms with van der Waals surface area (Å²) < 4.78 is 6.62. The van der Waals surface area contributed by atoms with E-state index in [4.69, 9.17) is 4.42 Å². The highest BCUT2D eigenvalue weighted by molar-refractivity contribution is 6.19. The van der Waals surface area contributed by atoms with E-state index < -0.39 is 0 Å². The minimum Gasteiger partial charge on any atom is -0.455 e. The van der Waals surface area contributed by atoms with Gasteiger partial charge in [0.1, 0.15) is 11.2 Å². The number of hydrogen-bond acceptors (Lipinski definition) is 2. The van der Waals surface area contributed by atoms with E-state index in [0.717, 1.165) is 66.6 Å². The first-order chi connectivity index (χ1) is 28.7. The summed E-state index contributed by atoms with van der Waals surface area (Å²) in [6.45, 7) is 0. The molecule has 0 spiro atoms. The number of rotatable bonds is 7. The Labute approximate surface area is 337 Å². The van der Waals surface area contributed by atoms with Crippen molar-refractivity contribution >= 4 is 60.5 Å². The molecule has 1 aromatic heterocycles. The molecule has 0 saturated carbocycles. The second-order valence-electron chi connectivity index (χ2n) is 14.9. The van der Waals surface area contributed by atoms with Crippen LogP contribution in [0, 0.1) is 0 Å². The van der Waals surface area contributed by atoms with Crippen molar-refractivity contribution in [3.8, 4) is 44.5 Å². The van der Waals surface area contributed by atoms with Crippen LogP contribution in [0.3, 0.4) is 0 Å². The van der Waals surface area contributed by atoms with Crippen molar-refractivity contribution in [1.82, 2.24) is 0 Å². The third-order valence-electron chi connectivity index (χ3n) is 11.4. The molecule has 11 aromatic rings. The summed E-state index contributed by atoms with van der Waals surface area (Å²) in [5.41, 5.74) is 14.3. The zero-order valence-electron chi connectivity index (χ0n) is 31.7. The molecule has 0 unspecified atom stereocenters. The zero-order chi connectivity index (χ0) is 38.4. The molecule has 0 saturated heterocycles. The van der Waals surface area contributed by atoms with Crippen LogP contribution in [0.15, 0.2) is 229 Å². The normalized spacial score (nSPS) is 11.4. The Bertz CT molecular complexity index is 3210. The highest BCUT2D eigenvalue weighted by atomic mass is 16.3. The van der Waals surface area contributed by atoms with Crippen LogP contribution in [0.2, 0.25) is 0 Å². The molecule has 0 fully saturated rings. The summed E-state index contributed by atoms with van der Waals surface area (Å²) in [5, 5.41) is 7.04. The lowest BCUT2D eigenvalue weighted by molar-refractivity contribution is 0.673. The maximum absolute atomic E-state index is 6.62. The molecule has 0 amide bonds. The fourth-order valence-electron chi connectivity index (χ4n) is 8.56. The molecule has 2 heteroatoms. The number of fused-ring (bicyclic) bond motifs is 6. The molecule has 0 aliphatic rings. The Hall–Kier alpha value is -7.68. The van der Waals surface area contributed by atoms with Crippen molar-refractivity contribution in [2.45, 2.75) is 0 Å². The summed E-state index contributed by atoms with van der Waals surface area (Å²) in [4.78, 5) is 2.40. The third-order valence-corrected chi connectivity index (χ3v) is 11.4. The molecular weight excluding hydrogens is 703 g/mol. The van der Waals surface area contributed by atoms with Gasteiger partial charge in [-0.05, 0) is 121 Å². The van der Waals surface area contributed by atoms with Gasteiger partial charge in [0.05, 0.1) is 0 Å². The van der Waals surface area contributed by atoms with Crippen LogP contribution < -0.4 is 4.90 Å². The third kappa shape index (κ3) is 6.00. The van der Waals surface area contributed by atoms with Crippen molar-refractivity contribution in [2.75, 3.05) is 4.90 Å². The van der Waals surface area contributed by atoms with Gasteiger partial charge in [-0.15, -0.1) is 0 Å². The smallest absolute Gasteiger partial charge is 0.143 e. The van der Waals surface area contributed by atoms with E-state index in [2.05, 4.69) is 229 Å². The molecular formula is C56H37NO. The van der Waals surface area contributed by atoms with Gasteiger partial charge in [-0.25, -0.2) is 0 Å². The van der Waals surface area contributed by atoms with Crippen molar-refractivity contribution in [1.29, 1.82) is 0 Å². The van der Waals surface area contributed by atoms with Crippen molar-refractivity contribution < 1.29 is 4.42 Å². The first-order valence-corrected chi connectivity index (χ1v) is 19.8. The molecule has 0 aliphatic carbocycles. The summed E-state index contributed by atoms with van der Waals surface area (Å²) in [7, 11) is 0. The van der Waals surface area contributed by atoms with Crippen molar-refractivity contribution in [3.63, 3.8) is 0 Å². The van der Waals surface area contributed by atoms with E-state index in [9.17, 15) is 0 Å². The van der Waals surface area contributed by atoms with E-state index in [1.807, 2.05) is 0 Å². The quantitative estimate of drug-likeness (QED) is 0.162. The van der Waals surface area contributed by atoms with Gasteiger partial charge in [-0.3, -0.25) is 0 Å². The summed E-state index contributed by atoms with van der Waals surface area (Å²) >= 11 is 0. The van der Waals surface area contributed by atoms with Gasteiger partial charge < -0.3 is 9.32 Å². The number of hydrogen-bond donors (Lipinski definition) is 0. The SMILES string of the molecule is c1ccc(-c2cc(-c3ccccc3)cc(N(c3ccc(-c4ccc5ccccc5c4)cc3)c3cccc(-c4cccc5oc6c7ccccc7ccc6c45)c3)c2)cc1. The van der Waals surface area contributed by atoms with Crippen LogP contribution in [0.5, 0.6) is 0 Å². The minimum atomic E-state index is 0.887. The number of furan rings is 1. The van der Waals surface area contributed by atoms with Gasteiger partial charge in [0.25, 0.3) is 0 Å². The van der Waals surface area contributed by atoms with Gasteiger partial charge in [0.2, 0.25) is 0 Å². The molecule has 11 rings (SSSR count). The minimum absolute atomic E-state index is 0.887. The van der Waals surface area contributed by atoms with E-state index in [-0.39, 0.29) is 0 Å². The fourth-order valence-corrected chi connectivity index (χ4v) is 8.56. The highest BCUT2D eigenvalue weighted by Crippen LogP contribution is 2.44. The molecule has 58 heavy (non-hydrogen) atoms. The lowest BCUT2D eigenvalue weighted by atomic mass is 9.96. The predicted molar refractivity (Wildman–Crippen MR) is 245 cm³/mol. The Morgan fingerprint density at radius 2 is 0.879 bits per heavy atom. The maximum atomic E-state index is 6.62. The number of benzene rings is 10. The second kappa shape index (κ2) is 14.1. The zero-order valence-corrected chi connectivity index (χ0v) is 31.7. The standard InChI is InChI=1S/C56H37NO/c1-3-13-38(14-4-1)46-34-47(39-15-5-2-6-16-39)37-50(36-46)57(48-30-27-41(28-31-48)44-26-25-40-17-7-8-19-43(40)33-44)49-21-11-20-45(35-49)51-23-12-24-54-55(51)53-32-29-42-18-9-10-22-52(42)56(53)58-54/h1-37H. The molecule has 0 atom stereocenters. The summed E-state index contributed by atoms with van der Waals surface area (Å²) in [6.07, 6.45) is 0. The summed E-state index contributed by atoms with van der Waals surface area (Å²) in [5.74, 6) is 0. The fraction of sp³-hybridized carbons (Fsp3) is 0. The molecule has 2 nitrogen and oxygen atoms in total. The topological polar surface area (TPSA) is 16.4 Å². The van der Waals surface area contributed by atoms with Crippen LogP contribution in [0.25, 0.3) is 88.0 Å². The first kappa shape index (κ1) is 33.6. The molecule has 0 bridgehead atoms. The lowest BCUT2D eigenvalue weighted by Crippen LogP contribution is -2.10. The Kier molecular flexibility index (Phi) is 8.19. The van der Waals surface area contributed by atoms with Crippen LogP contribution in [0.4, 0.5) is 17.1 Å². The van der Waals surface area contributed by atoms with Gasteiger partial charge in [-0.1, -0.05) is 164 Å². The molecule has 0 radical (unpaired) electrons. The lowest BCUT2D eigenvalue weighted by Gasteiger charge is -2.27. The Morgan fingerprint density at radius 1 is 0.293 bits per heavy atom. The predicted octanol–water partition coefficient (Wildman–Crippen LogP) is 16.0. The van der Waals surface area contributed by atoms with E-state index in [1.165, 1.54) is 38.4 Å². The summed E-state index contributed by atoms with van der Waals surface area (Å²) in [6, 6.07) is 80.8. The van der Waals surface area contributed by atoms with E-state index >= 15 is 0 Å². The van der Waals surface area contributed by atoms with Gasteiger partial charge >= 0.3 is 0 Å². The van der Waals surface area contributed by atoms with Crippen LogP contribution in [-0.2, 0) is 0 Å². The Balaban J connectivity index is 1.10. The molecule has 0 N–H and O–H groups in total. The van der Waals surface area contributed by atoms with Crippen molar-refractivity contribution in [2.24, 2.45) is 0 Å². The molecule has 0 aliphatic heterocycles. The average Bonchev–Trinajstić information content (AvgIpc) is 3.70. The molecule has 1 heterocycles. The second-order valence-corrected chi connectivity index (χ2v) is 14.9. The maximum Gasteiger partial charge on any atom is 0.143 e. The van der Waals surface area contributed by atoms with E-state index in [0.29, 0.717) is 0 Å². The Morgan fingerprint density at radius 3 is 1.64 bits per heavy atom. The van der Waals surface area contributed by atoms with Crippen LogP contribution in [0.1, 0.15) is 0 Å². The van der Waals surface area contributed by atoms with Gasteiger partial charge in [-0.2, -0.15) is 0 Å². The van der Waals surface area contributed by atoms with Crippen molar-refractivity contribution in [3.05, 3.63) is 224 Å². The number of nitrogens with zero attached hydrogens (tertiary/aromatic N) is 1. The average molecular weight is 740 g/mol. The monoisotopic (exact) mass is 739 g/mol. The molecule has 272 valence electrons. The number of anilines is 3. The van der Waals surface area contributed by atoms with Crippen LogP contribution in [-0.4, -0.2) is 0 Å². The van der Waals surface area contributed by atoms with Gasteiger partial charge in [0.15, 0.2) is 0 Å². The highest BCUT2D eigenvalue weighted by Gasteiger charge is 2.19. The first-order valence-electron chi connectivity index (χ1n) is 19.8.